The number of Topliss-reactive ketones (excluding diaryl/α,β-unsaturated/α-hetero) is 1. The number of rotatable bonds is 4. The Balaban J connectivity index is 1.31. The Morgan fingerprint density at radius 2 is 1.37 bits per heavy atom. The van der Waals surface area contributed by atoms with Gasteiger partial charge < -0.3 is 5.32 Å². The third-order valence-corrected chi connectivity index (χ3v) is 6.41. The van der Waals surface area contributed by atoms with Crippen LogP contribution in [0.25, 0.3) is 0 Å². The fourth-order valence-electron chi connectivity index (χ4n) is 4.91. The molecule has 2 aromatic rings. The third kappa shape index (κ3) is 2.79. The number of nitrogens with one attached hydrogen (secondary N) is 1. The molecule has 6 heteroatoms. The minimum Gasteiger partial charge on any atom is -0.322 e. The Kier molecular flexibility index (Phi) is 4.17. The molecule has 3 amide bonds. The molecule has 5 rings (SSSR count). The summed E-state index contributed by atoms with van der Waals surface area (Å²) in [6.07, 6.45) is 5.03. The average Bonchev–Trinajstić information content (AvgIpc) is 3.42. The van der Waals surface area contributed by atoms with E-state index >= 15 is 0 Å². The lowest BCUT2D eigenvalue weighted by Gasteiger charge is -2.17. The first-order valence-corrected chi connectivity index (χ1v) is 10.0. The number of carbonyl (C=O) groups is 4. The van der Waals surface area contributed by atoms with Gasteiger partial charge >= 0.3 is 0 Å². The molecule has 1 saturated carbocycles. The van der Waals surface area contributed by atoms with Gasteiger partial charge in [0.25, 0.3) is 5.91 Å². The van der Waals surface area contributed by atoms with Crippen molar-refractivity contribution in [1.29, 1.82) is 0 Å². The van der Waals surface area contributed by atoms with Crippen molar-refractivity contribution in [3.8, 4) is 0 Å². The Morgan fingerprint density at radius 3 is 1.90 bits per heavy atom. The third-order valence-electron chi connectivity index (χ3n) is 6.41. The quantitative estimate of drug-likeness (QED) is 0.484. The largest absolute Gasteiger partial charge is 0.322 e. The number of nitrogens with zero attached hydrogens (tertiary/aromatic N) is 1. The summed E-state index contributed by atoms with van der Waals surface area (Å²) in [7, 11) is 0. The van der Waals surface area contributed by atoms with Crippen LogP contribution in [-0.4, -0.2) is 23.5 Å². The normalized spacial score (nSPS) is 26.2. The summed E-state index contributed by atoms with van der Waals surface area (Å²) in [6, 6.07) is 13.2. The molecule has 1 aliphatic heterocycles. The summed E-state index contributed by atoms with van der Waals surface area (Å²) in [5, 5.41) is 2.78. The number of fused-ring (bicyclic) bond motifs is 5. The SMILES string of the molecule is CC(=O)c1ccc(NC(=O)c2ccc(N3C(=O)C4C5C=CC(C5)C4C3=O)cc2)cc1. The number of hydrogen-bond donors (Lipinski definition) is 1. The summed E-state index contributed by atoms with van der Waals surface area (Å²) in [5.41, 5.74) is 2.07. The lowest BCUT2D eigenvalue weighted by molar-refractivity contribution is -0.123. The van der Waals surface area contributed by atoms with E-state index < -0.39 is 0 Å². The second-order valence-electron chi connectivity index (χ2n) is 8.15. The van der Waals surface area contributed by atoms with Gasteiger partial charge in [0.05, 0.1) is 17.5 Å². The van der Waals surface area contributed by atoms with E-state index in [1.807, 2.05) is 0 Å². The molecule has 150 valence electrons. The standard InChI is InChI=1S/C24H20N2O4/c1-13(27)14-4-8-18(9-5-14)25-22(28)15-6-10-19(11-7-15)26-23(29)20-16-2-3-17(12-16)21(20)24(26)30/h2-11,16-17,20-21H,12H2,1H3,(H,25,28). The molecule has 2 bridgehead atoms. The maximum atomic E-state index is 12.9. The Morgan fingerprint density at radius 1 is 0.833 bits per heavy atom. The summed E-state index contributed by atoms with van der Waals surface area (Å²) in [4.78, 5) is 50.9. The van der Waals surface area contributed by atoms with E-state index in [0.717, 1.165) is 6.42 Å². The van der Waals surface area contributed by atoms with Crippen molar-refractivity contribution < 1.29 is 19.2 Å². The van der Waals surface area contributed by atoms with Crippen LogP contribution in [0.2, 0.25) is 0 Å². The van der Waals surface area contributed by atoms with Crippen LogP contribution in [0.5, 0.6) is 0 Å². The lowest BCUT2D eigenvalue weighted by Crippen LogP contribution is -2.32. The van der Waals surface area contributed by atoms with E-state index in [2.05, 4.69) is 17.5 Å². The van der Waals surface area contributed by atoms with E-state index in [1.54, 1.807) is 48.5 Å². The van der Waals surface area contributed by atoms with Gasteiger partial charge in [0, 0.05) is 16.8 Å². The topological polar surface area (TPSA) is 83.6 Å². The van der Waals surface area contributed by atoms with Gasteiger partial charge in [0.1, 0.15) is 0 Å². The van der Waals surface area contributed by atoms with Gasteiger partial charge in [-0.25, -0.2) is 0 Å². The molecule has 0 radical (unpaired) electrons. The maximum absolute atomic E-state index is 12.9. The van der Waals surface area contributed by atoms with Crippen LogP contribution >= 0.6 is 0 Å². The van der Waals surface area contributed by atoms with Crippen molar-refractivity contribution in [1.82, 2.24) is 0 Å². The molecule has 1 heterocycles. The highest BCUT2D eigenvalue weighted by Gasteiger charge is 2.59. The molecule has 2 aromatic carbocycles. The highest BCUT2D eigenvalue weighted by atomic mass is 16.2. The fourth-order valence-corrected chi connectivity index (χ4v) is 4.91. The van der Waals surface area contributed by atoms with Crippen LogP contribution in [0.15, 0.2) is 60.7 Å². The molecular formula is C24H20N2O4. The van der Waals surface area contributed by atoms with Gasteiger partial charge in [-0.15, -0.1) is 0 Å². The number of ketones is 1. The fraction of sp³-hybridized carbons (Fsp3) is 0.250. The molecule has 2 fully saturated rings. The highest BCUT2D eigenvalue weighted by Crippen LogP contribution is 2.53. The van der Waals surface area contributed by atoms with E-state index in [9.17, 15) is 19.2 Å². The van der Waals surface area contributed by atoms with Crippen LogP contribution in [0.4, 0.5) is 11.4 Å². The van der Waals surface area contributed by atoms with Crippen LogP contribution in [0, 0.1) is 23.7 Å². The number of allylic oxidation sites excluding steroid dienone is 2. The number of hydrogen-bond acceptors (Lipinski definition) is 4. The Labute approximate surface area is 173 Å². The molecule has 6 nitrogen and oxygen atoms in total. The number of benzene rings is 2. The minimum absolute atomic E-state index is 0.0394. The average molecular weight is 400 g/mol. The molecule has 1 N–H and O–H groups in total. The van der Waals surface area contributed by atoms with E-state index in [-0.39, 0.29) is 47.2 Å². The zero-order chi connectivity index (χ0) is 21.0. The van der Waals surface area contributed by atoms with Crippen LogP contribution in [0.3, 0.4) is 0 Å². The first-order valence-electron chi connectivity index (χ1n) is 10.0. The van der Waals surface area contributed by atoms with Gasteiger partial charge in [-0.05, 0) is 73.7 Å². The predicted molar refractivity (Wildman–Crippen MR) is 111 cm³/mol. The van der Waals surface area contributed by atoms with Crippen LogP contribution in [0.1, 0.15) is 34.1 Å². The zero-order valence-electron chi connectivity index (χ0n) is 16.4. The van der Waals surface area contributed by atoms with E-state index in [1.165, 1.54) is 11.8 Å². The highest BCUT2D eigenvalue weighted by molar-refractivity contribution is 6.23. The van der Waals surface area contributed by atoms with E-state index in [4.69, 9.17) is 0 Å². The second-order valence-corrected chi connectivity index (χ2v) is 8.15. The molecular weight excluding hydrogens is 380 g/mol. The monoisotopic (exact) mass is 400 g/mol. The van der Waals surface area contributed by atoms with Crippen molar-refractivity contribution in [2.45, 2.75) is 13.3 Å². The molecule has 0 aromatic heterocycles. The molecule has 30 heavy (non-hydrogen) atoms. The van der Waals surface area contributed by atoms with Gasteiger partial charge in [0.2, 0.25) is 11.8 Å². The lowest BCUT2D eigenvalue weighted by atomic mass is 9.85. The number of anilines is 2. The number of imide groups is 1. The first kappa shape index (κ1) is 18.5. The Hall–Kier alpha value is -3.54. The predicted octanol–water partition coefficient (Wildman–Crippen LogP) is 3.45. The van der Waals surface area contributed by atoms with Crippen molar-refractivity contribution in [3.63, 3.8) is 0 Å². The van der Waals surface area contributed by atoms with Crippen LogP contribution in [-0.2, 0) is 9.59 Å². The van der Waals surface area contributed by atoms with Crippen molar-refractivity contribution in [2.75, 3.05) is 10.2 Å². The zero-order valence-corrected chi connectivity index (χ0v) is 16.4. The molecule has 3 aliphatic rings. The summed E-state index contributed by atoms with van der Waals surface area (Å²) in [6.45, 7) is 1.49. The first-order chi connectivity index (χ1) is 14.4. The summed E-state index contributed by atoms with van der Waals surface area (Å²) in [5.74, 6) is -0.768. The molecule has 4 unspecified atom stereocenters. The summed E-state index contributed by atoms with van der Waals surface area (Å²) >= 11 is 0. The van der Waals surface area contributed by atoms with Gasteiger partial charge in [0.15, 0.2) is 5.78 Å². The van der Waals surface area contributed by atoms with Crippen molar-refractivity contribution in [2.24, 2.45) is 23.7 Å². The van der Waals surface area contributed by atoms with Gasteiger partial charge in [-0.1, -0.05) is 12.2 Å². The van der Waals surface area contributed by atoms with Crippen molar-refractivity contribution >= 4 is 34.9 Å². The van der Waals surface area contributed by atoms with Crippen molar-refractivity contribution in [3.05, 3.63) is 71.8 Å². The smallest absolute Gasteiger partial charge is 0.255 e. The minimum atomic E-state index is -0.310. The summed E-state index contributed by atoms with van der Waals surface area (Å²) < 4.78 is 0. The molecule has 4 atom stereocenters. The number of carbonyl (C=O) groups excluding carboxylic acids is 4. The molecule has 0 spiro atoms. The Bertz CT molecular complexity index is 1070. The molecule has 1 saturated heterocycles. The van der Waals surface area contributed by atoms with Gasteiger partial charge in [-0.2, -0.15) is 0 Å². The second kappa shape index (κ2) is 6.76. The van der Waals surface area contributed by atoms with E-state index in [0.29, 0.717) is 22.5 Å². The maximum Gasteiger partial charge on any atom is 0.255 e. The van der Waals surface area contributed by atoms with Crippen LogP contribution < -0.4 is 10.2 Å². The van der Waals surface area contributed by atoms with Gasteiger partial charge in [-0.3, -0.25) is 24.1 Å². The number of amides is 3. The molecule has 2 aliphatic carbocycles.